The van der Waals surface area contributed by atoms with Crippen molar-refractivity contribution in [1.82, 2.24) is 20.2 Å². The molecule has 0 atom stereocenters. The zero-order valence-corrected chi connectivity index (χ0v) is 22.0. The van der Waals surface area contributed by atoms with Crippen LogP contribution in [0.4, 0.5) is 10.2 Å². The van der Waals surface area contributed by atoms with Gasteiger partial charge >= 0.3 is 0 Å². The molecule has 6 nitrogen and oxygen atoms in total. The van der Waals surface area contributed by atoms with Crippen molar-refractivity contribution in [3.05, 3.63) is 53.2 Å². The number of aromatic nitrogens is 2. The van der Waals surface area contributed by atoms with Crippen LogP contribution in [0.1, 0.15) is 80.7 Å². The topological polar surface area (TPSA) is 61.4 Å². The summed E-state index contributed by atoms with van der Waals surface area (Å²) in [6.07, 6.45) is 5.77. The van der Waals surface area contributed by atoms with Gasteiger partial charge in [0.2, 0.25) is 0 Å². The second-order valence-electron chi connectivity index (χ2n) is 10.7. The molecule has 1 N–H and O–H groups in total. The SMILES string of the molecule is CC(C)(C)c1nc(C2CCC2)cc(N2CCN(CCCCNC(=O)c3ccc(F)cc3)CC2)n1.Cl. The maximum absolute atomic E-state index is 13.0. The maximum atomic E-state index is 13.0. The van der Waals surface area contributed by atoms with E-state index >= 15 is 0 Å². The van der Waals surface area contributed by atoms with Crippen molar-refractivity contribution in [3.8, 4) is 0 Å². The molecule has 2 fully saturated rings. The number of unbranched alkanes of at least 4 members (excludes halogenated alkanes) is 1. The highest BCUT2D eigenvalue weighted by Gasteiger charge is 2.27. The Morgan fingerprint density at radius 3 is 2.34 bits per heavy atom. The molecule has 1 amide bonds. The van der Waals surface area contributed by atoms with E-state index in [0.717, 1.165) is 57.2 Å². The van der Waals surface area contributed by atoms with Gasteiger partial charge in [0.05, 0.1) is 0 Å². The molecular formula is C27H39ClFN5O. The lowest BCUT2D eigenvalue weighted by atomic mass is 9.82. The zero-order chi connectivity index (χ0) is 24.1. The van der Waals surface area contributed by atoms with Crippen molar-refractivity contribution in [1.29, 1.82) is 0 Å². The van der Waals surface area contributed by atoms with Crippen LogP contribution in [-0.2, 0) is 5.41 Å². The van der Waals surface area contributed by atoms with Crippen LogP contribution in [0.25, 0.3) is 0 Å². The summed E-state index contributed by atoms with van der Waals surface area (Å²) in [5, 5.41) is 2.92. The second kappa shape index (κ2) is 12.1. The highest BCUT2D eigenvalue weighted by atomic mass is 35.5. The molecule has 0 spiro atoms. The number of anilines is 1. The lowest BCUT2D eigenvalue weighted by molar-refractivity contribution is 0.0952. The fourth-order valence-corrected chi connectivity index (χ4v) is 4.43. The molecule has 2 aromatic rings. The fourth-order valence-electron chi connectivity index (χ4n) is 4.43. The van der Waals surface area contributed by atoms with E-state index in [2.05, 4.69) is 42.0 Å². The van der Waals surface area contributed by atoms with E-state index in [1.807, 2.05) is 0 Å². The van der Waals surface area contributed by atoms with Gasteiger partial charge in [-0.15, -0.1) is 12.4 Å². The van der Waals surface area contributed by atoms with Crippen LogP contribution in [0.3, 0.4) is 0 Å². The van der Waals surface area contributed by atoms with Crippen molar-refractivity contribution in [3.63, 3.8) is 0 Å². The van der Waals surface area contributed by atoms with Crippen molar-refractivity contribution in [2.24, 2.45) is 0 Å². The molecule has 1 saturated carbocycles. The molecule has 8 heteroatoms. The van der Waals surface area contributed by atoms with Crippen LogP contribution in [0.2, 0.25) is 0 Å². The number of hydrogen-bond acceptors (Lipinski definition) is 5. The number of piperazine rings is 1. The van der Waals surface area contributed by atoms with Gasteiger partial charge in [-0.1, -0.05) is 27.2 Å². The highest BCUT2D eigenvalue weighted by Crippen LogP contribution is 2.37. The van der Waals surface area contributed by atoms with Crippen LogP contribution in [0.5, 0.6) is 0 Å². The molecule has 2 aliphatic rings. The molecule has 1 aromatic heterocycles. The number of amides is 1. The lowest BCUT2D eigenvalue weighted by Crippen LogP contribution is -2.47. The first-order valence-electron chi connectivity index (χ1n) is 12.7. The quantitative estimate of drug-likeness (QED) is 0.517. The zero-order valence-electron chi connectivity index (χ0n) is 21.2. The Kier molecular flexibility index (Phi) is 9.47. The molecule has 35 heavy (non-hydrogen) atoms. The Balaban J connectivity index is 0.00000342. The third-order valence-electron chi connectivity index (χ3n) is 6.92. The van der Waals surface area contributed by atoms with Gasteiger partial charge in [0.25, 0.3) is 5.91 Å². The Hall–Kier alpha value is -2.25. The molecule has 1 aliphatic carbocycles. The van der Waals surface area contributed by atoms with Crippen molar-refractivity contribution in [2.45, 2.75) is 64.2 Å². The number of halogens is 2. The van der Waals surface area contributed by atoms with Crippen LogP contribution >= 0.6 is 12.4 Å². The van der Waals surface area contributed by atoms with Gasteiger partial charge in [-0.2, -0.15) is 0 Å². The van der Waals surface area contributed by atoms with Gasteiger partial charge in [0.15, 0.2) is 0 Å². The predicted molar refractivity (Wildman–Crippen MR) is 141 cm³/mol. The fraction of sp³-hybridized carbons (Fsp3) is 0.593. The minimum absolute atomic E-state index is 0. The normalized spacial score (nSPS) is 17.0. The third kappa shape index (κ3) is 7.37. The molecule has 1 aliphatic heterocycles. The van der Waals surface area contributed by atoms with Crippen molar-refractivity contribution >= 4 is 24.1 Å². The standard InChI is InChI=1S/C27H38FN5O.ClH/c1-27(2,3)26-30-23(20-7-6-8-20)19-24(31-26)33-17-15-32(16-18-33)14-5-4-13-29-25(34)21-9-11-22(28)12-10-21;/h9-12,19-20H,4-8,13-18H2,1-3H3,(H,29,34);1H. The third-order valence-corrected chi connectivity index (χ3v) is 6.92. The van der Waals surface area contributed by atoms with Crippen LogP contribution in [-0.4, -0.2) is 60.0 Å². The minimum Gasteiger partial charge on any atom is -0.354 e. The summed E-state index contributed by atoms with van der Waals surface area (Å²) in [7, 11) is 0. The first-order valence-corrected chi connectivity index (χ1v) is 12.7. The Bertz CT molecular complexity index is 967. The average Bonchev–Trinajstić information content (AvgIpc) is 2.78. The summed E-state index contributed by atoms with van der Waals surface area (Å²) >= 11 is 0. The molecular weight excluding hydrogens is 465 g/mol. The van der Waals surface area contributed by atoms with E-state index in [0.29, 0.717) is 18.0 Å². The lowest BCUT2D eigenvalue weighted by Gasteiger charge is -2.36. The Labute approximate surface area is 215 Å². The summed E-state index contributed by atoms with van der Waals surface area (Å²) in [6.45, 7) is 12.2. The average molecular weight is 504 g/mol. The van der Waals surface area contributed by atoms with Crippen LogP contribution in [0, 0.1) is 5.82 Å². The molecule has 4 rings (SSSR count). The smallest absolute Gasteiger partial charge is 0.251 e. The highest BCUT2D eigenvalue weighted by molar-refractivity contribution is 5.94. The van der Waals surface area contributed by atoms with Gasteiger partial charge in [-0.25, -0.2) is 14.4 Å². The van der Waals surface area contributed by atoms with Gasteiger partial charge < -0.3 is 10.2 Å². The number of hydrogen-bond donors (Lipinski definition) is 1. The number of carbonyl (C=O) groups excluding carboxylic acids is 1. The van der Waals surface area contributed by atoms with E-state index in [1.165, 1.54) is 49.2 Å². The molecule has 0 unspecified atom stereocenters. The van der Waals surface area contributed by atoms with Crippen molar-refractivity contribution in [2.75, 3.05) is 44.2 Å². The Morgan fingerprint density at radius 1 is 1.06 bits per heavy atom. The van der Waals surface area contributed by atoms with Gasteiger partial charge in [-0.05, 0) is 56.5 Å². The number of rotatable bonds is 8. The van der Waals surface area contributed by atoms with Gasteiger partial charge in [-0.3, -0.25) is 9.69 Å². The van der Waals surface area contributed by atoms with Crippen molar-refractivity contribution < 1.29 is 9.18 Å². The monoisotopic (exact) mass is 503 g/mol. The summed E-state index contributed by atoms with van der Waals surface area (Å²) in [5.74, 6) is 2.17. The Morgan fingerprint density at radius 2 is 1.74 bits per heavy atom. The van der Waals surface area contributed by atoms with Crippen LogP contribution in [0.15, 0.2) is 30.3 Å². The number of carbonyl (C=O) groups is 1. The molecule has 2 heterocycles. The van der Waals surface area contributed by atoms with Gasteiger partial charge in [0.1, 0.15) is 17.5 Å². The van der Waals surface area contributed by atoms with E-state index in [-0.39, 0.29) is 29.5 Å². The summed E-state index contributed by atoms with van der Waals surface area (Å²) < 4.78 is 13.0. The van der Waals surface area contributed by atoms with E-state index in [4.69, 9.17) is 9.97 Å². The minimum atomic E-state index is -0.329. The summed E-state index contributed by atoms with van der Waals surface area (Å²) in [4.78, 5) is 26.9. The first-order chi connectivity index (χ1) is 16.3. The molecule has 1 aromatic carbocycles. The maximum Gasteiger partial charge on any atom is 0.251 e. The van der Waals surface area contributed by atoms with E-state index < -0.39 is 0 Å². The van der Waals surface area contributed by atoms with E-state index in [9.17, 15) is 9.18 Å². The largest absolute Gasteiger partial charge is 0.354 e. The van der Waals surface area contributed by atoms with Gasteiger partial charge in [0, 0.05) is 61.4 Å². The predicted octanol–water partition coefficient (Wildman–Crippen LogP) is 4.93. The first kappa shape index (κ1) is 27.3. The second-order valence-corrected chi connectivity index (χ2v) is 10.7. The number of nitrogens with zero attached hydrogens (tertiary/aromatic N) is 4. The molecule has 192 valence electrons. The number of nitrogens with one attached hydrogen (secondary N) is 1. The number of benzene rings is 1. The molecule has 0 radical (unpaired) electrons. The summed E-state index contributed by atoms with van der Waals surface area (Å²) in [5.41, 5.74) is 1.67. The van der Waals surface area contributed by atoms with Crippen LogP contribution < -0.4 is 10.2 Å². The summed E-state index contributed by atoms with van der Waals surface area (Å²) in [6, 6.07) is 7.89. The molecule has 1 saturated heterocycles. The molecule has 0 bridgehead atoms. The van der Waals surface area contributed by atoms with E-state index in [1.54, 1.807) is 0 Å².